The number of rotatable bonds is 4. The Hall–Kier alpha value is 0.440. The number of hydrogen-bond acceptors (Lipinski definition) is 1. The molecule has 2 atom stereocenters. The van der Waals surface area contributed by atoms with E-state index in [1.165, 1.54) is 32.1 Å². The van der Waals surface area contributed by atoms with Crippen molar-refractivity contribution < 1.29 is 4.74 Å². The van der Waals surface area contributed by atoms with E-state index in [1.54, 1.807) is 0 Å². The SMILES string of the molecule is CC1CCC(CCCCBr)O1. The standard InChI is InChI=1S/C9H17BrO/c1-8-5-6-9(11-8)4-2-3-7-10/h8-9H,2-7H2,1H3. The van der Waals surface area contributed by atoms with E-state index in [-0.39, 0.29) is 0 Å². The van der Waals surface area contributed by atoms with Gasteiger partial charge in [-0.3, -0.25) is 0 Å². The smallest absolute Gasteiger partial charge is 0.0579 e. The van der Waals surface area contributed by atoms with Gasteiger partial charge in [0.2, 0.25) is 0 Å². The Morgan fingerprint density at radius 3 is 2.73 bits per heavy atom. The predicted molar refractivity (Wildman–Crippen MR) is 51.2 cm³/mol. The highest BCUT2D eigenvalue weighted by Gasteiger charge is 2.20. The summed E-state index contributed by atoms with van der Waals surface area (Å²) >= 11 is 3.43. The largest absolute Gasteiger partial charge is 0.375 e. The van der Waals surface area contributed by atoms with E-state index in [2.05, 4.69) is 22.9 Å². The lowest BCUT2D eigenvalue weighted by Crippen LogP contribution is -2.07. The molecule has 0 bridgehead atoms. The molecular formula is C9H17BrO. The Bertz CT molecular complexity index is 106. The Morgan fingerprint density at radius 1 is 1.36 bits per heavy atom. The maximum Gasteiger partial charge on any atom is 0.0579 e. The van der Waals surface area contributed by atoms with Crippen LogP contribution in [0.3, 0.4) is 0 Å². The van der Waals surface area contributed by atoms with Gasteiger partial charge in [-0.25, -0.2) is 0 Å². The van der Waals surface area contributed by atoms with Gasteiger partial charge in [-0.15, -0.1) is 0 Å². The van der Waals surface area contributed by atoms with Crippen LogP contribution in [-0.2, 0) is 4.74 Å². The van der Waals surface area contributed by atoms with Crippen LogP contribution in [0.5, 0.6) is 0 Å². The number of unbranched alkanes of at least 4 members (excludes halogenated alkanes) is 1. The molecule has 0 radical (unpaired) electrons. The fourth-order valence-electron chi connectivity index (χ4n) is 1.56. The maximum atomic E-state index is 5.69. The second-order valence-electron chi connectivity index (χ2n) is 3.33. The van der Waals surface area contributed by atoms with Gasteiger partial charge in [0.05, 0.1) is 12.2 Å². The van der Waals surface area contributed by atoms with Crippen molar-refractivity contribution in [1.29, 1.82) is 0 Å². The van der Waals surface area contributed by atoms with Crippen molar-refractivity contribution in [2.75, 3.05) is 5.33 Å². The van der Waals surface area contributed by atoms with Gasteiger partial charge in [0.15, 0.2) is 0 Å². The van der Waals surface area contributed by atoms with E-state index in [0.29, 0.717) is 12.2 Å². The number of alkyl halides is 1. The summed E-state index contributed by atoms with van der Waals surface area (Å²) in [6.45, 7) is 2.17. The quantitative estimate of drug-likeness (QED) is 0.523. The third kappa shape index (κ3) is 3.57. The van der Waals surface area contributed by atoms with Crippen LogP contribution in [0.4, 0.5) is 0 Å². The average Bonchev–Trinajstić information content (AvgIpc) is 2.37. The second kappa shape index (κ2) is 5.15. The Balaban J connectivity index is 1.99. The summed E-state index contributed by atoms with van der Waals surface area (Å²) in [5.74, 6) is 0. The minimum atomic E-state index is 0.518. The molecule has 0 aromatic carbocycles. The molecule has 0 amide bonds. The van der Waals surface area contributed by atoms with Crippen LogP contribution in [0.15, 0.2) is 0 Å². The van der Waals surface area contributed by atoms with Crippen molar-refractivity contribution >= 4 is 15.9 Å². The molecule has 11 heavy (non-hydrogen) atoms. The zero-order valence-electron chi connectivity index (χ0n) is 7.18. The molecule has 0 aliphatic carbocycles. The zero-order chi connectivity index (χ0) is 8.10. The van der Waals surface area contributed by atoms with E-state index >= 15 is 0 Å². The molecule has 1 nitrogen and oxygen atoms in total. The first-order valence-corrected chi connectivity index (χ1v) is 5.66. The summed E-state index contributed by atoms with van der Waals surface area (Å²) in [7, 11) is 0. The Morgan fingerprint density at radius 2 is 2.18 bits per heavy atom. The van der Waals surface area contributed by atoms with E-state index in [0.717, 1.165) is 5.33 Å². The molecule has 0 saturated carbocycles. The molecule has 1 saturated heterocycles. The molecule has 66 valence electrons. The van der Waals surface area contributed by atoms with Gasteiger partial charge in [0.25, 0.3) is 0 Å². The van der Waals surface area contributed by atoms with Crippen molar-refractivity contribution in [3.05, 3.63) is 0 Å². The molecule has 1 heterocycles. The third-order valence-corrected chi connectivity index (χ3v) is 2.79. The number of hydrogen-bond donors (Lipinski definition) is 0. The summed E-state index contributed by atoms with van der Waals surface area (Å²) in [4.78, 5) is 0. The molecular weight excluding hydrogens is 204 g/mol. The van der Waals surface area contributed by atoms with Crippen molar-refractivity contribution in [3.63, 3.8) is 0 Å². The predicted octanol–water partition coefficient (Wildman–Crippen LogP) is 3.12. The van der Waals surface area contributed by atoms with Crippen LogP contribution in [-0.4, -0.2) is 17.5 Å². The molecule has 2 heteroatoms. The highest BCUT2D eigenvalue weighted by atomic mass is 79.9. The Kier molecular flexibility index (Phi) is 4.46. The normalized spacial score (nSPS) is 31.1. The molecule has 1 aliphatic heterocycles. The van der Waals surface area contributed by atoms with E-state index in [4.69, 9.17) is 4.74 Å². The summed E-state index contributed by atoms with van der Waals surface area (Å²) in [6.07, 6.45) is 7.49. The van der Waals surface area contributed by atoms with Gasteiger partial charge in [-0.1, -0.05) is 22.4 Å². The van der Waals surface area contributed by atoms with Crippen LogP contribution in [0.25, 0.3) is 0 Å². The van der Waals surface area contributed by atoms with Crippen molar-refractivity contribution in [3.8, 4) is 0 Å². The molecule has 0 aromatic heterocycles. The first-order chi connectivity index (χ1) is 5.33. The van der Waals surface area contributed by atoms with Crippen LogP contribution in [0, 0.1) is 0 Å². The molecule has 0 aromatic rings. The number of ether oxygens (including phenoxy) is 1. The monoisotopic (exact) mass is 220 g/mol. The van der Waals surface area contributed by atoms with Crippen molar-refractivity contribution in [1.82, 2.24) is 0 Å². The van der Waals surface area contributed by atoms with Crippen LogP contribution in [0.2, 0.25) is 0 Å². The second-order valence-corrected chi connectivity index (χ2v) is 4.12. The van der Waals surface area contributed by atoms with E-state index in [9.17, 15) is 0 Å². The third-order valence-electron chi connectivity index (χ3n) is 2.23. The lowest BCUT2D eigenvalue weighted by atomic mass is 10.1. The zero-order valence-corrected chi connectivity index (χ0v) is 8.77. The fraction of sp³-hybridized carbons (Fsp3) is 1.00. The topological polar surface area (TPSA) is 9.23 Å². The minimum absolute atomic E-state index is 0.518. The van der Waals surface area contributed by atoms with Crippen molar-refractivity contribution in [2.45, 2.75) is 51.2 Å². The van der Waals surface area contributed by atoms with Crippen LogP contribution >= 0.6 is 15.9 Å². The highest BCUT2D eigenvalue weighted by Crippen LogP contribution is 2.22. The molecule has 1 aliphatic rings. The molecule has 0 spiro atoms. The molecule has 1 rings (SSSR count). The average molecular weight is 221 g/mol. The van der Waals surface area contributed by atoms with Crippen LogP contribution in [0.1, 0.15) is 39.0 Å². The molecule has 1 fully saturated rings. The Labute approximate surface area is 77.6 Å². The highest BCUT2D eigenvalue weighted by molar-refractivity contribution is 9.09. The van der Waals surface area contributed by atoms with Gasteiger partial charge >= 0.3 is 0 Å². The van der Waals surface area contributed by atoms with E-state index < -0.39 is 0 Å². The van der Waals surface area contributed by atoms with Gasteiger partial charge in [-0.2, -0.15) is 0 Å². The van der Waals surface area contributed by atoms with Crippen LogP contribution < -0.4 is 0 Å². The summed E-state index contributed by atoms with van der Waals surface area (Å²) in [5.41, 5.74) is 0. The fourth-order valence-corrected chi connectivity index (χ4v) is 1.96. The van der Waals surface area contributed by atoms with E-state index in [1.807, 2.05) is 0 Å². The summed E-state index contributed by atoms with van der Waals surface area (Å²) in [5, 5.41) is 1.13. The maximum absolute atomic E-state index is 5.69. The lowest BCUT2D eigenvalue weighted by Gasteiger charge is -2.09. The van der Waals surface area contributed by atoms with Gasteiger partial charge in [-0.05, 0) is 32.6 Å². The first kappa shape index (κ1) is 9.53. The van der Waals surface area contributed by atoms with Gasteiger partial charge < -0.3 is 4.74 Å². The molecule has 2 unspecified atom stereocenters. The number of halogens is 1. The molecule has 0 N–H and O–H groups in total. The van der Waals surface area contributed by atoms with Gasteiger partial charge in [0, 0.05) is 5.33 Å². The van der Waals surface area contributed by atoms with Gasteiger partial charge in [0.1, 0.15) is 0 Å². The first-order valence-electron chi connectivity index (χ1n) is 4.54. The summed E-state index contributed by atoms with van der Waals surface area (Å²) < 4.78 is 5.69. The lowest BCUT2D eigenvalue weighted by molar-refractivity contribution is 0.0498. The van der Waals surface area contributed by atoms with Crippen molar-refractivity contribution in [2.24, 2.45) is 0 Å². The minimum Gasteiger partial charge on any atom is -0.375 e. The summed E-state index contributed by atoms with van der Waals surface area (Å²) in [6, 6.07) is 0.